The molecule has 1 unspecified atom stereocenters. The van der Waals surface area contributed by atoms with E-state index in [0.717, 1.165) is 12.8 Å². The highest BCUT2D eigenvalue weighted by atomic mass is 16.5. The third kappa shape index (κ3) is 5.57. The van der Waals surface area contributed by atoms with Crippen LogP contribution < -0.4 is 0 Å². The van der Waals surface area contributed by atoms with E-state index >= 15 is 0 Å². The number of rotatable bonds is 4. The lowest BCUT2D eigenvalue weighted by molar-refractivity contribution is 0.112. The Morgan fingerprint density at radius 1 is 1.56 bits per heavy atom. The van der Waals surface area contributed by atoms with Crippen molar-refractivity contribution in [1.82, 2.24) is 0 Å². The van der Waals surface area contributed by atoms with Crippen molar-refractivity contribution in [3.8, 4) is 0 Å². The summed E-state index contributed by atoms with van der Waals surface area (Å²) in [5.74, 6) is 0. The fourth-order valence-electron chi connectivity index (χ4n) is 0.615. The largest absolute Gasteiger partial charge is 0.382 e. The van der Waals surface area contributed by atoms with Gasteiger partial charge in [0.2, 0.25) is 0 Å². The van der Waals surface area contributed by atoms with Gasteiger partial charge in [-0.05, 0) is 26.7 Å². The molecule has 1 heteroatoms. The minimum atomic E-state index is 0.404. The summed E-state index contributed by atoms with van der Waals surface area (Å²) in [5.41, 5.74) is 0. The predicted molar refractivity (Wildman–Crippen MR) is 40.5 cm³/mol. The van der Waals surface area contributed by atoms with E-state index in [-0.39, 0.29) is 0 Å². The van der Waals surface area contributed by atoms with E-state index in [9.17, 15) is 0 Å². The predicted octanol–water partition coefficient (Wildman–Crippen LogP) is 2.38. The molecule has 9 heavy (non-hydrogen) atoms. The van der Waals surface area contributed by atoms with E-state index < -0.39 is 0 Å². The maximum Gasteiger partial charge on any atom is 0.0546 e. The smallest absolute Gasteiger partial charge is 0.0546 e. The molecule has 0 aliphatic rings. The second-order valence-electron chi connectivity index (χ2n) is 2.19. The summed E-state index contributed by atoms with van der Waals surface area (Å²) in [6.07, 6.45) is 6.89. The number of allylic oxidation sites excluding steroid dienone is 2. The van der Waals surface area contributed by atoms with Crippen LogP contribution in [0.15, 0.2) is 12.2 Å². The van der Waals surface area contributed by atoms with E-state index in [1.807, 2.05) is 6.92 Å². The maximum absolute atomic E-state index is 5.06. The van der Waals surface area contributed by atoms with Gasteiger partial charge in [-0.25, -0.2) is 0 Å². The third-order valence-corrected chi connectivity index (χ3v) is 1.38. The number of hydrogen-bond donors (Lipinski definition) is 0. The first-order chi connectivity index (χ1) is 4.31. The maximum atomic E-state index is 5.06. The van der Waals surface area contributed by atoms with Crippen molar-refractivity contribution >= 4 is 0 Å². The molecule has 0 spiro atoms. The van der Waals surface area contributed by atoms with Crippen LogP contribution in [0.25, 0.3) is 0 Å². The van der Waals surface area contributed by atoms with Crippen molar-refractivity contribution in [3.05, 3.63) is 12.2 Å². The van der Waals surface area contributed by atoms with Crippen LogP contribution in [0.1, 0.15) is 26.7 Å². The van der Waals surface area contributed by atoms with Gasteiger partial charge in [0.1, 0.15) is 0 Å². The highest BCUT2D eigenvalue weighted by Gasteiger charge is 1.94. The second kappa shape index (κ2) is 5.83. The number of hydrogen-bond acceptors (Lipinski definition) is 1. The summed E-state index contributed by atoms with van der Waals surface area (Å²) >= 11 is 0. The highest BCUT2D eigenvalue weighted by Crippen LogP contribution is 1.99. The molecule has 0 aliphatic carbocycles. The van der Waals surface area contributed by atoms with Gasteiger partial charge in [-0.3, -0.25) is 0 Å². The van der Waals surface area contributed by atoms with Gasteiger partial charge >= 0.3 is 0 Å². The van der Waals surface area contributed by atoms with Crippen LogP contribution in [-0.2, 0) is 4.74 Å². The van der Waals surface area contributed by atoms with Crippen molar-refractivity contribution in [3.63, 3.8) is 0 Å². The Morgan fingerprint density at radius 3 is 2.67 bits per heavy atom. The fraction of sp³-hybridized carbons (Fsp3) is 0.750. The lowest BCUT2D eigenvalue weighted by Gasteiger charge is -2.05. The van der Waals surface area contributed by atoms with Gasteiger partial charge in [-0.15, -0.1) is 0 Å². The van der Waals surface area contributed by atoms with Gasteiger partial charge in [0.25, 0.3) is 0 Å². The van der Waals surface area contributed by atoms with Gasteiger partial charge in [0.05, 0.1) is 6.10 Å². The molecule has 0 aromatic carbocycles. The van der Waals surface area contributed by atoms with Gasteiger partial charge < -0.3 is 4.74 Å². The molecule has 0 aromatic heterocycles. The van der Waals surface area contributed by atoms with E-state index in [0.29, 0.717) is 6.10 Å². The Hall–Kier alpha value is -0.300. The third-order valence-electron chi connectivity index (χ3n) is 1.38. The zero-order valence-corrected chi connectivity index (χ0v) is 6.55. The lowest BCUT2D eigenvalue weighted by Crippen LogP contribution is -2.02. The fourth-order valence-corrected chi connectivity index (χ4v) is 0.615. The van der Waals surface area contributed by atoms with Crippen molar-refractivity contribution in [2.24, 2.45) is 0 Å². The van der Waals surface area contributed by atoms with Crippen molar-refractivity contribution in [2.45, 2.75) is 32.8 Å². The number of methoxy groups -OCH3 is 1. The molecule has 0 radical (unpaired) electrons. The summed E-state index contributed by atoms with van der Waals surface area (Å²) < 4.78 is 5.06. The first-order valence-corrected chi connectivity index (χ1v) is 3.45. The average Bonchev–Trinajstić information content (AvgIpc) is 1.89. The Bertz CT molecular complexity index is 76.6. The summed E-state index contributed by atoms with van der Waals surface area (Å²) in [7, 11) is 1.75. The van der Waals surface area contributed by atoms with Crippen LogP contribution >= 0.6 is 0 Å². The van der Waals surface area contributed by atoms with Crippen molar-refractivity contribution < 1.29 is 4.74 Å². The molecule has 1 atom stereocenters. The topological polar surface area (TPSA) is 9.23 Å². The molecule has 0 aliphatic heterocycles. The molecule has 0 saturated carbocycles. The average molecular weight is 128 g/mol. The van der Waals surface area contributed by atoms with Gasteiger partial charge in [0.15, 0.2) is 0 Å². The second-order valence-corrected chi connectivity index (χ2v) is 2.19. The minimum absolute atomic E-state index is 0.404. The molecular formula is C8H16O. The zero-order chi connectivity index (χ0) is 7.11. The standard InChI is InChI=1S/C8H16O/c1-4-5-6-7-8(2)9-3/h4-5,8H,6-7H2,1-3H3/b5-4+. The van der Waals surface area contributed by atoms with Gasteiger partial charge in [0, 0.05) is 7.11 Å². The summed E-state index contributed by atoms with van der Waals surface area (Å²) in [6, 6.07) is 0. The normalized spacial score (nSPS) is 14.6. The molecule has 0 rings (SSSR count). The van der Waals surface area contributed by atoms with E-state index in [2.05, 4.69) is 19.1 Å². The van der Waals surface area contributed by atoms with Gasteiger partial charge in [-0.2, -0.15) is 0 Å². The van der Waals surface area contributed by atoms with Crippen LogP contribution in [-0.4, -0.2) is 13.2 Å². The molecular weight excluding hydrogens is 112 g/mol. The Labute approximate surface area is 57.7 Å². The molecule has 0 N–H and O–H groups in total. The minimum Gasteiger partial charge on any atom is -0.382 e. The summed E-state index contributed by atoms with van der Waals surface area (Å²) in [4.78, 5) is 0. The summed E-state index contributed by atoms with van der Waals surface area (Å²) in [5, 5.41) is 0. The van der Waals surface area contributed by atoms with Crippen molar-refractivity contribution in [1.29, 1.82) is 0 Å². The summed E-state index contributed by atoms with van der Waals surface area (Å²) in [6.45, 7) is 4.13. The zero-order valence-electron chi connectivity index (χ0n) is 6.55. The molecule has 0 fully saturated rings. The van der Waals surface area contributed by atoms with Crippen LogP contribution in [0.2, 0.25) is 0 Å². The monoisotopic (exact) mass is 128 g/mol. The van der Waals surface area contributed by atoms with Crippen LogP contribution in [0, 0.1) is 0 Å². The Morgan fingerprint density at radius 2 is 2.22 bits per heavy atom. The van der Waals surface area contributed by atoms with Crippen LogP contribution in [0.5, 0.6) is 0 Å². The molecule has 0 heterocycles. The van der Waals surface area contributed by atoms with Crippen molar-refractivity contribution in [2.75, 3.05) is 7.11 Å². The van der Waals surface area contributed by atoms with Gasteiger partial charge in [-0.1, -0.05) is 12.2 Å². The SMILES string of the molecule is C/C=C/CCC(C)OC. The highest BCUT2D eigenvalue weighted by molar-refractivity contribution is 4.77. The quantitative estimate of drug-likeness (QED) is 0.528. The molecule has 0 aromatic rings. The molecule has 0 saturated heterocycles. The first-order valence-electron chi connectivity index (χ1n) is 3.45. The van der Waals surface area contributed by atoms with E-state index in [1.54, 1.807) is 7.11 Å². The Balaban J connectivity index is 3.06. The van der Waals surface area contributed by atoms with E-state index in [1.165, 1.54) is 0 Å². The molecule has 54 valence electrons. The first kappa shape index (κ1) is 8.70. The number of ether oxygens (including phenoxy) is 1. The Kier molecular flexibility index (Phi) is 5.64. The van der Waals surface area contributed by atoms with E-state index in [4.69, 9.17) is 4.74 Å². The molecule has 0 amide bonds. The van der Waals surface area contributed by atoms with Crippen LogP contribution in [0.4, 0.5) is 0 Å². The molecule has 1 nitrogen and oxygen atoms in total. The lowest BCUT2D eigenvalue weighted by atomic mass is 10.2. The van der Waals surface area contributed by atoms with Crippen LogP contribution in [0.3, 0.4) is 0 Å². The molecule has 0 bridgehead atoms.